The Bertz CT molecular complexity index is 230. The molecule has 0 amide bonds. The third-order valence-electron chi connectivity index (χ3n) is 4.27. The Morgan fingerprint density at radius 1 is 0.889 bits per heavy atom. The summed E-state index contributed by atoms with van der Waals surface area (Å²) in [4.78, 5) is 0. The number of nitrogens with two attached hydrogens (primary N) is 1. The van der Waals surface area contributed by atoms with Crippen molar-refractivity contribution >= 4 is 0 Å². The van der Waals surface area contributed by atoms with Gasteiger partial charge in [-0.05, 0) is 12.8 Å². The van der Waals surface area contributed by atoms with Crippen LogP contribution >= 0.6 is 0 Å². The Morgan fingerprint density at radius 2 is 1.33 bits per heavy atom. The maximum atomic E-state index is 6.03. The van der Waals surface area contributed by atoms with Gasteiger partial charge in [0.05, 0.1) is 6.54 Å². The van der Waals surface area contributed by atoms with Gasteiger partial charge in [-0.25, -0.2) is 0 Å². The second-order valence-corrected chi connectivity index (χ2v) is 5.72. The molecule has 1 saturated carbocycles. The molecule has 0 bridgehead atoms. The van der Waals surface area contributed by atoms with Gasteiger partial charge in [-0.3, -0.25) is 5.32 Å². The monoisotopic (exact) mass is 250 g/mol. The van der Waals surface area contributed by atoms with Crippen molar-refractivity contribution in [2.24, 2.45) is 5.73 Å². The molecule has 0 saturated heterocycles. The SMILES string of the molecule is C#CCNC1(CN)CCCCCCCCCCC1. The van der Waals surface area contributed by atoms with Gasteiger partial charge in [0, 0.05) is 12.1 Å². The minimum Gasteiger partial charge on any atom is -0.329 e. The lowest BCUT2D eigenvalue weighted by Gasteiger charge is -2.34. The molecule has 1 aliphatic carbocycles. The van der Waals surface area contributed by atoms with E-state index in [9.17, 15) is 0 Å². The molecule has 0 aliphatic heterocycles. The highest BCUT2D eigenvalue weighted by atomic mass is 15.0. The van der Waals surface area contributed by atoms with Crippen LogP contribution in [0, 0.1) is 12.3 Å². The average Bonchev–Trinajstić information content (AvgIpc) is 2.39. The van der Waals surface area contributed by atoms with Crippen molar-refractivity contribution < 1.29 is 0 Å². The van der Waals surface area contributed by atoms with Crippen LogP contribution < -0.4 is 11.1 Å². The van der Waals surface area contributed by atoms with Crippen molar-refractivity contribution in [3.05, 3.63) is 0 Å². The zero-order chi connectivity index (χ0) is 13.1. The topological polar surface area (TPSA) is 38.0 Å². The lowest BCUT2D eigenvalue weighted by atomic mass is 9.85. The molecular weight excluding hydrogens is 220 g/mol. The van der Waals surface area contributed by atoms with Gasteiger partial charge in [0.1, 0.15) is 0 Å². The van der Waals surface area contributed by atoms with Crippen molar-refractivity contribution in [2.75, 3.05) is 13.1 Å². The first-order valence-corrected chi connectivity index (χ1v) is 7.71. The standard InChI is InChI=1S/C16H30N2/c1-2-14-18-16(15-17)12-10-8-6-4-3-5-7-9-11-13-16/h1,18H,3-15,17H2. The van der Waals surface area contributed by atoms with Crippen LogP contribution in [0.25, 0.3) is 0 Å². The number of hydrogen-bond acceptors (Lipinski definition) is 2. The average molecular weight is 250 g/mol. The van der Waals surface area contributed by atoms with Gasteiger partial charge in [0.2, 0.25) is 0 Å². The molecule has 0 aromatic heterocycles. The van der Waals surface area contributed by atoms with Gasteiger partial charge < -0.3 is 5.73 Å². The quantitative estimate of drug-likeness (QED) is 0.755. The maximum Gasteiger partial charge on any atom is 0.0578 e. The van der Waals surface area contributed by atoms with E-state index in [1.54, 1.807) is 0 Å². The third-order valence-corrected chi connectivity index (χ3v) is 4.27. The molecule has 0 spiro atoms. The van der Waals surface area contributed by atoms with Crippen LogP contribution in [0.15, 0.2) is 0 Å². The molecular formula is C16H30N2. The van der Waals surface area contributed by atoms with E-state index in [0.29, 0.717) is 13.1 Å². The lowest BCUT2D eigenvalue weighted by molar-refractivity contribution is 0.277. The molecule has 3 N–H and O–H groups in total. The summed E-state index contributed by atoms with van der Waals surface area (Å²) in [5.74, 6) is 2.69. The predicted octanol–water partition coefficient (Wildman–Crippen LogP) is 3.21. The molecule has 104 valence electrons. The number of terminal acetylenes is 1. The Hall–Kier alpha value is -0.520. The first kappa shape index (κ1) is 15.5. The van der Waals surface area contributed by atoms with Crippen LogP contribution in [0.3, 0.4) is 0 Å². The molecule has 0 aromatic carbocycles. The second kappa shape index (κ2) is 9.42. The van der Waals surface area contributed by atoms with Crippen molar-refractivity contribution in [3.8, 4) is 12.3 Å². The largest absolute Gasteiger partial charge is 0.329 e. The van der Waals surface area contributed by atoms with Gasteiger partial charge in [0.15, 0.2) is 0 Å². The van der Waals surface area contributed by atoms with Crippen LogP contribution in [-0.4, -0.2) is 18.6 Å². The van der Waals surface area contributed by atoms with Crippen molar-refractivity contribution in [1.82, 2.24) is 5.32 Å². The van der Waals surface area contributed by atoms with E-state index in [4.69, 9.17) is 12.2 Å². The Labute approximate surface area is 113 Å². The number of rotatable bonds is 3. The minimum absolute atomic E-state index is 0.103. The molecule has 0 heterocycles. The van der Waals surface area contributed by atoms with E-state index >= 15 is 0 Å². The summed E-state index contributed by atoms with van der Waals surface area (Å²) in [6.07, 6.45) is 20.0. The van der Waals surface area contributed by atoms with Crippen LogP contribution in [0.2, 0.25) is 0 Å². The Kier molecular flexibility index (Phi) is 8.13. The Balaban J connectivity index is 2.49. The van der Waals surface area contributed by atoms with Crippen LogP contribution in [0.4, 0.5) is 0 Å². The summed E-state index contributed by atoms with van der Waals surface area (Å²) in [5.41, 5.74) is 6.13. The minimum atomic E-state index is 0.103. The molecule has 0 atom stereocenters. The van der Waals surface area contributed by atoms with Gasteiger partial charge >= 0.3 is 0 Å². The van der Waals surface area contributed by atoms with Gasteiger partial charge in [0.25, 0.3) is 0 Å². The fraction of sp³-hybridized carbons (Fsp3) is 0.875. The van der Waals surface area contributed by atoms with E-state index in [1.807, 2.05) is 0 Å². The van der Waals surface area contributed by atoms with Crippen molar-refractivity contribution in [2.45, 2.75) is 76.2 Å². The molecule has 1 aliphatic rings. The zero-order valence-corrected chi connectivity index (χ0v) is 11.8. The van der Waals surface area contributed by atoms with E-state index < -0.39 is 0 Å². The number of hydrogen-bond donors (Lipinski definition) is 2. The Morgan fingerprint density at radius 3 is 1.72 bits per heavy atom. The van der Waals surface area contributed by atoms with Gasteiger partial charge in [-0.15, -0.1) is 6.42 Å². The molecule has 0 aromatic rings. The molecule has 0 radical (unpaired) electrons. The zero-order valence-electron chi connectivity index (χ0n) is 11.8. The van der Waals surface area contributed by atoms with Gasteiger partial charge in [-0.1, -0.05) is 63.7 Å². The fourth-order valence-electron chi connectivity index (χ4n) is 2.98. The first-order valence-electron chi connectivity index (χ1n) is 7.71. The highest BCUT2D eigenvalue weighted by molar-refractivity contribution is 4.95. The molecule has 2 heteroatoms. The summed E-state index contributed by atoms with van der Waals surface area (Å²) >= 11 is 0. The normalized spacial score (nSPS) is 22.4. The lowest BCUT2D eigenvalue weighted by Crippen LogP contribution is -2.51. The van der Waals surface area contributed by atoms with Crippen molar-refractivity contribution in [3.63, 3.8) is 0 Å². The number of nitrogens with one attached hydrogen (secondary N) is 1. The predicted molar refractivity (Wildman–Crippen MR) is 79.4 cm³/mol. The highest BCUT2D eigenvalue weighted by Crippen LogP contribution is 2.24. The summed E-state index contributed by atoms with van der Waals surface area (Å²) in [6.45, 7) is 1.37. The molecule has 18 heavy (non-hydrogen) atoms. The summed E-state index contributed by atoms with van der Waals surface area (Å²) in [5, 5.41) is 3.53. The first-order chi connectivity index (χ1) is 8.83. The third kappa shape index (κ3) is 5.89. The fourth-order valence-corrected chi connectivity index (χ4v) is 2.98. The van der Waals surface area contributed by atoms with E-state index in [1.165, 1.54) is 70.6 Å². The van der Waals surface area contributed by atoms with Gasteiger partial charge in [-0.2, -0.15) is 0 Å². The van der Waals surface area contributed by atoms with E-state index in [0.717, 1.165) is 0 Å². The second-order valence-electron chi connectivity index (χ2n) is 5.72. The van der Waals surface area contributed by atoms with E-state index in [2.05, 4.69) is 11.2 Å². The molecule has 0 unspecified atom stereocenters. The molecule has 1 rings (SSSR count). The van der Waals surface area contributed by atoms with Crippen molar-refractivity contribution in [1.29, 1.82) is 0 Å². The molecule has 1 fully saturated rings. The molecule has 2 nitrogen and oxygen atoms in total. The summed E-state index contributed by atoms with van der Waals surface area (Å²) in [7, 11) is 0. The van der Waals surface area contributed by atoms with Crippen LogP contribution in [0.1, 0.15) is 70.6 Å². The highest BCUT2D eigenvalue weighted by Gasteiger charge is 2.26. The van der Waals surface area contributed by atoms with E-state index in [-0.39, 0.29) is 5.54 Å². The smallest absolute Gasteiger partial charge is 0.0578 e. The van der Waals surface area contributed by atoms with Crippen LogP contribution in [-0.2, 0) is 0 Å². The summed E-state index contributed by atoms with van der Waals surface area (Å²) < 4.78 is 0. The maximum absolute atomic E-state index is 6.03. The van der Waals surface area contributed by atoms with Crippen LogP contribution in [0.5, 0.6) is 0 Å². The summed E-state index contributed by atoms with van der Waals surface area (Å²) in [6, 6.07) is 0.